The summed E-state index contributed by atoms with van der Waals surface area (Å²) in [5, 5.41) is 0. The van der Waals surface area contributed by atoms with E-state index in [1.54, 1.807) is 11.8 Å². The van der Waals surface area contributed by atoms with Crippen LogP contribution >= 0.6 is 19.6 Å². The van der Waals surface area contributed by atoms with Crippen LogP contribution in [0.4, 0.5) is 0 Å². The van der Waals surface area contributed by atoms with Gasteiger partial charge in [-0.3, -0.25) is 9.59 Å². The van der Waals surface area contributed by atoms with Gasteiger partial charge in [0.05, 0.1) is 21.0 Å². The first-order valence-electron chi connectivity index (χ1n) is 15.9. The maximum Gasteiger partial charge on any atom is 1.00 e. The number of hydrogen-bond acceptors (Lipinski definition) is 9. The van der Waals surface area contributed by atoms with Crippen molar-refractivity contribution < 1.29 is 97.1 Å². The van der Waals surface area contributed by atoms with Gasteiger partial charge in [0.25, 0.3) is 6.47 Å². The molecule has 0 aromatic heterocycles. The second-order valence-electron chi connectivity index (χ2n) is 10.7. The number of carbonyl (C=O) groups excluding carboxylic acids is 2. The van der Waals surface area contributed by atoms with Gasteiger partial charge in [0.1, 0.15) is 6.10 Å². The molecule has 0 aliphatic rings. The third-order valence-electron chi connectivity index (χ3n) is 6.87. The molecule has 0 saturated heterocycles. The first kappa shape index (κ1) is 47.8. The fourth-order valence-electron chi connectivity index (χ4n) is 4.54. The molecule has 0 unspecified atom stereocenters. The van der Waals surface area contributed by atoms with Crippen molar-refractivity contribution in [1.82, 2.24) is 0 Å². The Hall–Kier alpha value is 1.40. The predicted molar refractivity (Wildman–Crippen MR) is 160 cm³/mol. The van der Waals surface area contributed by atoms with Crippen molar-refractivity contribution in [3.63, 3.8) is 0 Å². The number of carbonyl (C=O) groups is 2. The molecular formula is C30H57Na2O8PS. The van der Waals surface area contributed by atoms with E-state index in [1.165, 1.54) is 89.9 Å². The zero-order valence-corrected chi connectivity index (χ0v) is 32.9. The van der Waals surface area contributed by atoms with Gasteiger partial charge in [0.2, 0.25) is 0 Å². The van der Waals surface area contributed by atoms with Crippen LogP contribution in [0, 0.1) is 0 Å². The number of esters is 1. The van der Waals surface area contributed by atoms with E-state index in [-0.39, 0.29) is 65.1 Å². The molecule has 0 N–H and O–H groups in total. The molecule has 0 radical (unpaired) electrons. The minimum atomic E-state index is -5.10. The largest absolute Gasteiger partial charge is 1.00 e. The van der Waals surface area contributed by atoms with Crippen molar-refractivity contribution in [3.05, 3.63) is 0 Å². The van der Waals surface area contributed by atoms with E-state index in [2.05, 4.69) is 16.2 Å². The average Bonchev–Trinajstić information content (AvgIpc) is 2.92. The van der Waals surface area contributed by atoms with Crippen LogP contribution in [-0.2, 0) is 28.2 Å². The standard InChI is InChI=1S/C30H59O8PS.2Na/c1-2-3-4-5-6-7-11-14-17-20-23-30(32)38-29(26-37-39(33,34)35)27-40-25-22-19-16-13-10-8-9-12-15-18-21-24-36-28-31;;/h28-29H,2-27H2,1H3,(H2,33,34,35);;/q;2*+1/p-2/t29-;;/m1../s1. The van der Waals surface area contributed by atoms with Gasteiger partial charge in [-0.2, -0.15) is 11.8 Å². The van der Waals surface area contributed by atoms with Gasteiger partial charge >= 0.3 is 65.1 Å². The Morgan fingerprint density at radius 2 is 1.19 bits per heavy atom. The molecule has 42 heavy (non-hydrogen) atoms. The summed E-state index contributed by atoms with van der Waals surface area (Å²) in [6.07, 6.45) is 24.2. The fraction of sp³-hybridized carbons (Fsp3) is 0.933. The minimum Gasteiger partial charge on any atom is -0.790 e. The second-order valence-corrected chi connectivity index (χ2v) is 13.0. The normalized spacial score (nSPS) is 11.8. The van der Waals surface area contributed by atoms with E-state index in [9.17, 15) is 23.9 Å². The molecule has 0 fully saturated rings. The zero-order chi connectivity index (χ0) is 29.6. The molecule has 12 heteroatoms. The zero-order valence-electron chi connectivity index (χ0n) is 27.2. The summed E-state index contributed by atoms with van der Waals surface area (Å²) in [5.41, 5.74) is 0. The third kappa shape index (κ3) is 39.4. The van der Waals surface area contributed by atoms with Crippen LogP contribution in [0.5, 0.6) is 0 Å². The summed E-state index contributed by atoms with van der Waals surface area (Å²) in [4.78, 5) is 44.1. The van der Waals surface area contributed by atoms with E-state index in [1.807, 2.05) is 0 Å². The van der Waals surface area contributed by atoms with Gasteiger partial charge in [-0.05, 0) is 25.0 Å². The molecule has 0 saturated carbocycles. The summed E-state index contributed by atoms with van der Waals surface area (Å²) in [6.45, 7) is 2.85. The first-order valence-corrected chi connectivity index (χ1v) is 18.5. The van der Waals surface area contributed by atoms with Crippen LogP contribution < -0.4 is 68.9 Å². The number of phosphoric acid groups is 1. The van der Waals surface area contributed by atoms with Gasteiger partial charge in [0.15, 0.2) is 0 Å². The molecule has 0 bridgehead atoms. The average molecular weight is 655 g/mol. The molecule has 238 valence electrons. The number of ether oxygens (including phenoxy) is 2. The van der Waals surface area contributed by atoms with E-state index < -0.39 is 20.5 Å². The van der Waals surface area contributed by atoms with Gasteiger partial charge < -0.3 is 28.3 Å². The summed E-state index contributed by atoms with van der Waals surface area (Å²) >= 11 is 1.60. The van der Waals surface area contributed by atoms with Crippen molar-refractivity contribution >= 4 is 32.0 Å². The maximum absolute atomic E-state index is 12.3. The molecule has 0 aromatic rings. The smallest absolute Gasteiger partial charge is 0.790 e. The Labute approximate surface area is 305 Å². The van der Waals surface area contributed by atoms with Gasteiger partial charge in [-0.15, -0.1) is 0 Å². The summed E-state index contributed by atoms with van der Waals surface area (Å²) in [5.74, 6) is 0.963. The Bertz CT molecular complexity index is 628. The van der Waals surface area contributed by atoms with Gasteiger partial charge in [-0.25, -0.2) is 0 Å². The monoisotopic (exact) mass is 654 g/mol. The van der Waals surface area contributed by atoms with Gasteiger partial charge in [-0.1, -0.05) is 122 Å². The fourth-order valence-corrected chi connectivity index (χ4v) is 5.89. The minimum absolute atomic E-state index is 0. The maximum atomic E-state index is 12.3. The van der Waals surface area contributed by atoms with Crippen molar-refractivity contribution in [2.75, 3.05) is 24.7 Å². The van der Waals surface area contributed by atoms with Crippen molar-refractivity contribution in [1.29, 1.82) is 0 Å². The van der Waals surface area contributed by atoms with Crippen LogP contribution in [0.1, 0.15) is 148 Å². The first-order chi connectivity index (χ1) is 19.4. The van der Waals surface area contributed by atoms with Gasteiger partial charge in [0, 0.05) is 12.2 Å². The Balaban J connectivity index is -0.00000760. The Morgan fingerprint density at radius 3 is 1.67 bits per heavy atom. The molecule has 0 amide bonds. The molecule has 0 rings (SSSR count). The number of phosphoric ester groups is 1. The molecule has 0 heterocycles. The van der Waals surface area contributed by atoms with Crippen LogP contribution in [-0.4, -0.2) is 43.3 Å². The van der Waals surface area contributed by atoms with Crippen LogP contribution in [0.3, 0.4) is 0 Å². The quantitative estimate of drug-likeness (QED) is 0.0347. The molecule has 8 nitrogen and oxygen atoms in total. The molecule has 0 aliphatic carbocycles. The summed E-state index contributed by atoms with van der Waals surface area (Å²) < 4.78 is 25.4. The number of unbranched alkanes of at least 4 members (excludes halogenated alkanes) is 19. The van der Waals surface area contributed by atoms with E-state index >= 15 is 0 Å². The molecule has 0 aromatic carbocycles. The number of thioether (sulfide) groups is 1. The van der Waals surface area contributed by atoms with E-state index in [0.29, 0.717) is 25.3 Å². The molecule has 0 spiro atoms. The third-order valence-corrected chi connectivity index (χ3v) is 8.52. The van der Waals surface area contributed by atoms with Crippen molar-refractivity contribution in [3.8, 4) is 0 Å². The number of rotatable bonds is 32. The second kappa shape index (κ2) is 36.9. The number of hydrogen-bond donors (Lipinski definition) is 0. The van der Waals surface area contributed by atoms with E-state index in [4.69, 9.17) is 4.74 Å². The van der Waals surface area contributed by atoms with Crippen molar-refractivity contribution in [2.24, 2.45) is 0 Å². The van der Waals surface area contributed by atoms with Crippen LogP contribution in [0.15, 0.2) is 0 Å². The SMILES string of the molecule is CCCCCCCCCCCCC(=O)O[C@H](COP(=O)([O-])[O-])CSCCCCCCCCCCCCCOC=O.[Na+].[Na+]. The Morgan fingerprint density at radius 1 is 0.738 bits per heavy atom. The van der Waals surface area contributed by atoms with Crippen LogP contribution in [0.2, 0.25) is 0 Å². The Kier molecular flexibility index (Phi) is 42.0. The molecule has 0 aliphatic heterocycles. The van der Waals surface area contributed by atoms with E-state index in [0.717, 1.165) is 50.7 Å². The molecular weight excluding hydrogens is 597 g/mol. The summed E-state index contributed by atoms with van der Waals surface area (Å²) in [7, 11) is -5.10. The predicted octanol–water partition coefficient (Wildman–Crippen LogP) is 1.26. The van der Waals surface area contributed by atoms with Crippen molar-refractivity contribution in [2.45, 2.75) is 154 Å². The molecule has 1 atom stereocenters. The topological polar surface area (TPSA) is 125 Å². The van der Waals surface area contributed by atoms with Crippen LogP contribution in [0.25, 0.3) is 0 Å². The summed E-state index contributed by atoms with van der Waals surface area (Å²) in [6, 6.07) is 0.